The summed E-state index contributed by atoms with van der Waals surface area (Å²) in [7, 11) is 0. The number of rotatable bonds is 8. The molecule has 0 radical (unpaired) electrons. The van der Waals surface area contributed by atoms with E-state index in [0.29, 0.717) is 6.61 Å². The summed E-state index contributed by atoms with van der Waals surface area (Å²) in [6, 6.07) is 9.93. The molecule has 0 N–H and O–H groups in total. The van der Waals surface area contributed by atoms with E-state index in [1.807, 2.05) is 41.8 Å². The average Bonchev–Trinajstić information content (AvgIpc) is 2.97. The van der Waals surface area contributed by atoms with Gasteiger partial charge in [-0.05, 0) is 13.3 Å². The van der Waals surface area contributed by atoms with Crippen LogP contribution in [0.4, 0.5) is 0 Å². The van der Waals surface area contributed by atoms with Crippen LogP contribution in [0.1, 0.15) is 26.7 Å². The van der Waals surface area contributed by atoms with E-state index in [1.54, 1.807) is 0 Å². The second-order valence-corrected chi connectivity index (χ2v) is 5.72. The minimum absolute atomic E-state index is 0.203. The molecule has 0 saturated carbocycles. The maximum Gasteiger partial charge on any atom is 0.316 e. The molecular weight excluding hydrogens is 298 g/mol. The Labute approximate surface area is 135 Å². The van der Waals surface area contributed by atoms with E-state index in [4.69, 9.17) is 4.74 Å². The zero-order valence-corrected chi connectivity index (χ0v) is 13.8. The second-order valence-electron chi connectivity index (χ2n) is 4.78. The maximum absolute atomic E-state index is 11.7. The summed E-state index contributed by atoms with van der Waals surface area (Å²) in [5.41, 5.74) is 1.02. The van der Waals surface area contributed by atoms with Gasteiger partial charge in [-0.2, -0.15) is 0 Å². The van der Waals surface area contributed by atoms with E-state index in [-0.39, 0.29) is 11.7 Å². The highest BCUT2D eigenvalue weighted by Gasteiger charge is 2.14. The molecule has 0 aliphatic heterocycles. The molecule has 0 bridgehead atoms. The Morgan fingerprint density at radius 3 is 2.68 bits per heavy atom. The minimum Gasteiger partial charge on any atom is -0.465 e. The van der Waals surface area contributed by atoms with Crippen LogP contribution >= 0.6 is 11.8 Å². The van der Waals surface area contributed by atoms with Crippen molar-refractivity contribution >= 4 is 17.7 Å². The molecule has 1 heterocycles. The third kappa shape index (κ3) is 4.34. The summed E-state index contributed by atoms with van der Waals surface area (Å²) in [5, 5.41) is 9.19. The molecule has 0 amide bonds. The Morgan fingerprint density at radius 2 is 2.00 bits per heavy atom. The summed E-state index contributed by atoms with van der Waals surface area (Å²) < 4.78 is 7.17. The van der Waals surface area contributed by atoms with Crippen LogP contribution in [0, 0.1) is 0 Å². The van der Waals surface area contributed by atoms with Gasteiger partial charge in [0.1, 0.15) is 0 Å². The summed E-state index contributed by atoms with van der Waals surface area (Å²) in [6.07, 6.45) is 1.92. The van der Waals surface area contributed by atoms with Gasteiger partial charge in [-0.1, -0.05) is 55.4 Å². The maximum atomic E-state index is 11.7. The van der Waals surface area contributed by atoms with E-state index in [9.17, 15) is 4.79 Å². The van der Waals surface area contributed by atoms with Crippen LogP contribution in [0.2, 0.25) is 0 Å². The number of ether oxygens (including phenoxy) is 1. The van der Waals surface area contributed by atoms with Crippen LogP contribution in [-0.4, -0.2) is 33.1 Å². The van der Waals surface area contributed by atoms with Gasteiger partial charge < -0.3 is 9.30 Å². The van der Waals surface area contributed by atoms with Gasteiger partial charge in [0, 0.05) is 12.1 Å². The molecule has 0 saturated heterocycles. The predicted octanol–water partition coefficient (Wildman–Crippen LogP) is 3.40. The number of benzene rings is 1. The van der Waals surface area contributed by atoms with Crippen molar-refractivity contribution in [2.75, 3.05) is 12.4 Å². The van der Waals surface area contributed by atoms with Crippen molar-refractivity contribution in [1.82, 2.24) is 14.8 Å². The van der Waals surface area contributed by atoms with E-state index in [0.717, 1.165) is 35.9 Å². The number of nitrogens with zero attached hydrogens (tertiary/aromatic N) is 3. The second kappa shape index (κ2) is 8.58. The lowest BCUT2D eigenvalue weighted by Crippen LogP contribution is -2.09. The van der Waals surface area contributed by atoms with Crippen molar-refractivity contribution in [1.29, 1.82) is 0 Å². The first-order valence-corrected chi connectivity index (χ1v) is 8.51. The first-order chi connectivity index (χ1) is 10.8. The quantitative estimate of drug-likeness (QED) is 0.424. The van der Waals surface area contributed by atoms with Crippen LogP contribution in [0.25, 0.3) is 11.4 Å². The molecule has 2 aromatic rings. The largest absolute Gasteiger partial charge is 0.465 e. The number of carbonyl (C=O) groups is 1. The molecule has 2 rings (SSSR count). The number of carbonyl (C=O) groups excluding carboxylic acids is 1. The van der Waals surface area contributed by atoms with Crippen LogP contribution in [0.15, 0.2) is 35.5 Å². The fourth-order valence-electron chi connectivity index (χ4n) is 1.98. The summed E-state index contributed by atoms with van der Waals surface area (Å²) in [5.74, 6) is 0.881. The number of esters is 1. The molecule has 118 valence electrons. The lowest BCUT2D eigenvalue weighted by atomic mass is 10.2. The van der Waals surface area contributed by atoms with E-state index >= 15 is 0 Å². The third-order valence-corrected chi connectivity index (χ3v) is 4.09. The molecule has 6 heteroatoms. The average molecular weight is 319 g/mol. The summed E-state index contributed by atoms with van der Waals surface area (Å²) in [4.78, 5) is 11.7. The SMILES string of the molecule is CCCCOC(=O)CSc1nnc(-c2ccccc2)n1CC. The lowest BCUT2D eigenvalue weighted by Gasteiger charge is -2.07. The van der Waals surface area contributed by atoms with Crippen LogP contribution < -0.4 is 0 Å². The van der Waals surface area contributed by atoms with Crippen LogP contribution in [0.5, 0.6) is 0 Å². The van der Waals surface area contributed by atoms with Crippen molar-refractivity contribution in [3.05, 3.63) is 30.3 Å². The van der Waals surface area contributed by atoms with Gasteiger partial charge in [-0.15, -0.1) is 10.2 Å². The van der Waals surface area contributed by atoms with Crippen molar-refractivity contribution in [3.63, 3.8) is 0 Å². The Kier molecular flexibility index (Phi) is 6.45. The van der Waals surface area contributed by atoms with Crippen molar-refractivity contribution < 1.29 is 9.53 Å². The predicted molar refractivity (Wildman–Crippen MR) is 87.7 cm³/mol. The zero-order chi connectivity index (χ0) is 15.8. The topological polar surface area (TPSA) is 57.0 Å². The van der Waals surface area contributed by atoms with Gasteiger partial charge in [0.05, 0.1) is 12.4 Å². The van der Waals surface area contributed by atoms with Crippen molar-refractivity contribution in [2.45, 2.75) is 38.4 Å². The monoisotopic (exact) mass is 319 g/mol. The minimum atomic E-state index is -0.203. The van der Waals surface area contributed by atoms with Gasteiger partial charge in [-0.3, -0.25) is 4.79 Å². The van der Waals surface area contributed by atoms with Gasteiger partial charge in [-0.25, -0.2) is 0 Å². The van der Waals surface area contributed by atoms with Crippen molar-refractivity contribution in [3.8, 4) is 11.4 Å². The molecule has 5 nitrogen and oxygen atoms in total. The number of thioether (sulfide) groups is 1. The smallest absolute Gasteiger partial charge is 0.316 e. The highest BCUT2D eigenvalue weighted by Crippen LogP contribution is 2.23. The summed E-state index contributed by atoms with van der Waals surface area (Å²) >= 11 is 1.37. The molecule has 0 aliphatic carbocycles. The molecule has 1 aromatic heterocycles. The fourth-order valence-corrected chi connectivity index (χ4v) is 2.78. The molecular formula is C16H21N3O2S. The van der Waals surface area contributed by atoms with Crippen molar-refractivity contribution in [2.24, 2.45) is 0 Å². The summed E-state index contributed by atoms with van der Waals surface area (Å²) in [6.45, 7) is 5.35. The van der Waals surface area contributed by atoms with Gasteiger partial charge in [0.15, 0.2) is 11.0 Å². The van der Waals surface area contributed by atoms with Gasteiger partial charge in [0.2, 0.25) is 0 Å². The van der Waals surface area contributed by atoms with Gasteiger partial charge >= 0.3 is 5.97 Å². The Hall–Kier alpha value is -1.82. The standard InChI is InChI=1S/C16H21N3O2S/c1-3-5-11-21-14(20)12-22-16-18-17-15(19(16)4-2)13-9-7-6-8-10-13/h6-10H,3-5,11-12H2,1-2H3. The fraction of sp³-hybridized carbons (Fsp3) is 0.438. The molecule has 0 fully saturated rings. The Balaban J connectivity index is 2.00. The normalized spacial score (nSPS) is 10.6. The molecule has 0 atom stereocenters. The highest BCUT2D eigenvalue weighted by atomic mass is 32.2. The number of unbranched alkanes of at least 4 members (excludes halogenated alkanes) is 1. The molecule has 22 heavy (non-hydrogen) atoms. The van der Waals surface area contributed by atoms with Crippen LogP contribution in [-0.2, 0) is 16.1 Å². The molecule has 0 unspecified atom stereocenters. The molecule has 0 aliphatic rings. The van der Waals surface area contributed by atoms with E-state index in [1.165, 1.54) is 11.8 Å². The number of hydrogen-bond acceptors (Lipinski definition) is 5. The highest BCUT2D eigenvalue weighted by molar-refractivity contribution is 7.99. The van der Waals surface area contributed by atoms with E-state index < -0.39 is 0 Å². The third-order valence-electron chi connectivity index (χ3n) is 3.15. The Bertz CT molecular complexity index is 599. The van der Waals surface area contributed by atoms with Crippen LogP contribution in [0.3, 0.4) is 0 Å². The first kappa shape index (κ1) is 16.5. The first-order valence-electron chi connectivity index (χ1n) is 7.53. The molecule has 1 aromatic carbocycles. The number of hydrogen-bond donors (Lipinski definition) is 0. The number of aromatic nitrogens is 3. The van der Waals surface area contributed by atoms with Gasteiger partial charge in [0.25, 0.3) is 0 Å². The molecule has 0 spiro atoms. The zero-order valence-electron chi connectivity index (χ0n) is 13.0. The lowest BCUT2D eigenvalue weighted by molar-refractivity contribution is -0.140. The Morgan fingerprint density at radius 1 is 1.23 bits per heavy atom. The van der Waals surface area contributed by atoms with E-state index in [2.05, 4.69) is 17.1 Å².